The Labute approximate surface area is 139 Å². The molecule has 0 atom stereocenters. The minimum Gasteiger partial charge on any atom is -0.486 e. The Morgan fingerprint density at radius 1 is 1.33 bits per heavy atom. The number of ether oxygens (including phenoxy) is 1. The van der Waals surface area contributed by atoms with Crippen LogP contribution in [-0.4, -0.2) is 23.5 Å². The van der Waals surface area contributed by atoms with E-state index >= 15 is 0 Å². The van der Waals surface area contributed by atoms with E-state index in [0.29, 0.717) is 30.2 Å². The zero-order chi connectivity index (χ0) is 17.4. The number of carbonyl (C=O) groups excluding carboxylic acids is 2. The molecule has 2 rings (SSSR count). The van der Waals surface area contributed by atoms with Gasteiger partial charge in [0.25, 0.3) is 5.91 Å². The molecule has 0 aliphatic heterocycles. The Kier molecular flexibility index (Phi) is 6.13. The van der Waals surface area contributed by atoms with Gasteiger partial charge >= 0.3 is 0 Å². The standard InChI is InChI=1S/C17H19N3O4/c1-3-9-18-17(22)15-10-14(24-20-15)11-23-13-7-5-12(6-8-13)19-16(21)4-2/h3,5-8,10H,1,4,9,11H2,2H3,(H,18,22)(H,19,21). The van der Waals surface area contributed by atoms with E-state index < -0.39 is 0 Å². The summed E-state index contributed by atoms with van der Waals surface area (Å²) in [7, 11) is 0. The van der Waals surface area contributed by atoms with Gasteiger partial charge in [0.1, 0.15) is 12.4 Å². The quantitative estimate of drug-likeness (QED) is 0.726. The molecule has 126 valence electrons. The van der Waals surface area contributed by atoms with Gasteiger partial charge in [0, 0.05) is 24.7 Å². The van der Waals surface area contributed by atoms with Crippen molar-refractivity contribution in [2.75, 3.05) is 11.9 Å². The molecule has 1 aromatic heterocycles. The van der Waals surface area contributed by atoms with Gasteiger partial charge in [-0.2, -0.15) is 0 Å². The molecule has 24 heavy (non-hydrogen) atoms. The van der Waals surface area contributed by atoms with Crippen molar-refractivity contribution in [2.45, 2.75) is 20.0 Å². The second-order valence-electron chi connectivity index (χ2n) is 4.89. The number of nitrogens with zero attached hydrogens (tertiary/aromatic N) is 1. The van der Waals surface area contributed by atoms with Crippen molar-refractivity contribution in [2.24, 2.45) is 0 Å². The summed E-state index contributed by atoms with van der Waals surface area (Å²) in [5.74, 6) is 0.661. The fourth-order valence-electron chi connectivity index (χ4n) is 1.78. The Balaban J connectivity index is 1.87. The zero-order valence-electron chi connectivity index (χ0n) is 13.4. The Bertz CT molecular complexity index is 707. The van der Waals surface area contributed by atoms with Crippen LogP contribution in [0.5, 0.6) is 5.75 Å². The molecule has 2 amide bonds. The number of hydrogen-bond donors (Lipinski definition) is 2. The summed E-state index contributed by atoms with van der Waals surface area (Å²) in [6, 6.07) is 8.49. The van der Waals surface area contributed by atoms with Crippen LogP contribution < -0.4 is 15.4 Å². The van der Waals surface area contributed by atoms with Crippen LogP contribution in [0.3, 0.4) is 0 Å². The van der Waals surface area contributed by atoms with E-state index in [0.717, 1.165) is 0 Å². The molecule has 2 aromatic rings. The first-order valence-corrected chi connectivity index (χ1v) is 7.49. The topological polar surface area (TPSA) is 93.5 Å². The third-order valence-corrected chi connectivity index (χ3v) is 3.04. The summed E-state index contributed by atoms with van der Waals surface area (Å²) in [5.41, 5.74) is 0.892. The lowest BCUT2D eigenvalue weighted by molar-refractivity contribution is -0.115. The van der Waals surface area contributed by atoms with Crippen LogP contribution in [0, 0.1) is 0 Å². The highest BCUT2D eigenvalue weighted by molar-refractivity contribution is 5.92. The van der Waals surface area contributed by atoms with Gasteiger partial charge in [-0.25, -0.2) is 0 Å². The third kappa shape index (κ3) is 4.98. The van der Waals surface area contributed by atoms with Gasteiger partial charge in [-0.15, -0.1) is 6.58 Å². The highest BCUT2D eigenvalue weighted by Crippen LogP contribution is 2.17. The second kappa shape index (κ2) is 8.52. The first-order valence-electron chi connectivity index (χ1n) is 7.49. The SMILES string of the molecule is C=CCNC(=O)c1cc(COc2ccc(NC(=O)CC)cc2)on1. The van der Waals surface area contributed by atoms with Crippen LogP contribution in [0.2, 0.25) is 0 Å². The summed E-state index contributed by atoms with van der Waals surface area (Å²) in [6.07, 6.45) is 2.00. The summed E-state index contributed by atoms with van der Waals surface area (Å²) >= 11 is 0. The molecule has 0 aliphatic carbocycles. The third-order valence-electron chi connectivity index (χ3n) is 3.04. The molecule has 0 bridgehead atoms. The lowest BCUT2D eigenvalue weighted by Crippen LogP contribution is -2.23. The number of amides is 2. The largest absolute Gasteiger partial charge is 0.486 e. The molecule has 0 saturated carbocycles. The molecule has 0 unspecified atom stereocenters. The highest BCUT2D eigenvalue weighted by Gasteiger charge is 2.12. The van der Waals surface area contributed by atoms with Crippen molar-refractivity contribution in [1.29, 1.82) is 0 Å². The van der Waals surface area contributed by atoms with Crippen LogP contribution >= 0.6 is 0 Å². The van der Waals surface area contributed by atoms with E-state index in [9.17, 15) is 9.59 Å². The lowest BCUT2D eigenvalue weighted by Gasteiger charge is -2.06. The highest BCUT2D eigenvalue weighted by atomic mass is 16.5. The van der Waals surface area contributed by atoms with E-state index in [1.807, 2.05) is 0 Å². The van der Waals surface area contributed by atoms with Crippen molar-refractivity contribution >= 4 is 17.5 Å². The van der Waals surface area contributed by atoms with Gasteiger partial charge in [0.05, 0.1) is 0 Å². The molecular weight excluding hydrogens is 310 g/mol. The number of carbonyl (C=O) groups is 2. The van der Waals surface area contributed by atoms with Crippen molar-refractivity contribution in [1.82, 2.24) is 10.5 Å². The van der Waals surface area contributed by atoms with Gasteiger partial charge < -0.3 is 19.9 Å². The number of nitrogens with one attached hydrogen (secondary N) is 2. The van der Waals surface area contributed by atoms with Crippen molar-refractivity contribution in [3.8, 4) is 5.75 Å². The summed E-state index contributed by atoms with van der Waals surface area (Å²) in [5, 5.41) is 9.05. The molecule has 0 fully saturated rings. The monoisotopic (exact) mass is 329 g/mol. The van der Waals surface area contributed by atoms with Crippen LogP contribution in [0.1, 0.15) is 29.6 Å². The fraction of sp³-hybridized carbons (Fsp3) is 0.235. The maximum Gasteiger partial charge on any atom is 0.273 e. The van der Waals surface area contributed by atoms with Crippen LogP contribution in [0.25, 0.3) is 0 Å². The van der Waals surface area contributed by atoms with Crippen LogP contribution in [0.15, 0.2) is 47.5 Å². The van der Waals surface area contributed by atoms with Crippen LogP contribution in [-0.2, 0) is 11.4 Å². The number of hydrogen-bond acceptors (Lipinski definition) is 5. The van der Waals surface area contributed by atoms with Gasteiger partial charge in [-0.05, 0) is 24.3 Å². The summed E-state index contributed by atoms with van der Waals surface area (Å²) in [4.78, 5) is 23.0. The molecule has 7 heteroatoms. The normalized spacial score (nSPS) is 10.0. The summed E-state index contributed by atoms with van der Waals surface area (Å²) in [6.45, 7) is 5.81. The molecule has 2 N–H and O–H groups in total. The molecule has 0 saturated heterocycles. The van der Waals surface area contributed by atoms with E-state index in [1.54, 1.807) is 37.3 Å². The van der Waals surface area contributed by atoms with Gasteiger partial charge in [-0.1, -0.05) is 18.2 Å². The Hall–Kier alpha value is -3.09. The molecule has 0 aliphatic rings. The first kappa shape index (κ1) is 17.3. The summed E-state index contributed by atoms with van der Waals surface area (Å²) < 4.78 is 10.6. The zero-order valence-corrected chi connectivity index (χ0v) is 13.4. The lowest BCUT2D eigenvalue weighted by atomic mass is 10.3. The minimum absolute atomic E-state index is 0.0485. The van der Waals surface area contributed by atoms with E-state index in [4.69, 9.17) is 9.26 Å². The van der Waals surface area contributed by atoms with Gasteiger partial charge in [0.2, 0.25) is 5.91 Å². The minimum atomic E-state index is -0.332. The van der Waals surface area contributed by atoms with E-state index in [-0.39, 0.29) is 24.1 Å². The average Bonchev–Trinajstić information content (AvgIpc) is 3.08. The fourth-order valence-corrected chi connectivity index (χ4v) is 1.78. The Morgan fingerprint density at radius 2 is 2.08 bits per heavy atom. The maximum atomic E-state index is 11.7. The number of benzene rings is 1. The molecule has 1 heterocycles. The smallest absolute Gasteiger partial charge is 0.273 e. The molecule has 1 aromatic carbocycles. The van der Waals surface area contributed by atoms with Crippen molar-refractivity contribution in [3.05, 3.63) is 54.4 Å². The molecule has 0 radical (unpaired) electrons. The second-order valence-corrected chi connectivity index (χ2v) is 4.89. The van der Waals surface area contributed by atoms with E-state index in [1.165, 1.54) is 6.07 Å². The predicted octanol–water partition coefficient (Wildman–Crippen LogP) is 2.52. The van der Waals surface area contributed by atoms with Gasteiger partial charge in [-0.3, -0.25) is 9.59 Å². The average molecular weight is 329 g/mol. The molecular formula is C17H19N3O4. The van der Waals surface area contributed by atoms with E-state index in [2.05, 4.69) is 22.4 Å². The maximum absolute atomic E-state index is 11.7. The number of anilines is 1. The van der Waals surface area contributed by atoms with Crippen molar-refractivity contribution < 1.29 is 18.8 Å². The number of aromatic nitrogens is 1. The number of rotatable bonds is 8. The molecule has 7 nitrogen and oxygen atoms in total. The first-order chi connectivity index (χ1) is 11.6. The molecule has 0 spiro atoms. The van der Waals surface area contributed by atoms with Crippen LogP contribution in [0.4, 0.5) is 5.69 Å². The Morgan fingerprint density at radius 3 is 2.75 bits per heavy atom. The predicted molar refractivity (Wildman–Crippen MR) is 88.7 cm³/mol. The van der Waals surface area contributed by atoms with Gasteiger partial charge in [0.15, 0.2) is 11.5 Å². The van der Waals surface area contributed by atoms with Crippen molar-refractivity contribution in [3.63, 3.8) is 0 Å².